The van der Waals surface area contributed by atoms with Crippen LogP contribution in [-0.2, 0) is 9.47 Å². The number of β-amino-alcohol motifs (C(OH)–C–C–N with tert-alkyl or cyclic N) is 1. The Morgan fingerprint density at radius 2 is 1.96 bits per heavy atom. The average molecular weight is 338 g/mol. The molecule has 4 heteroatoms. The monoisotopic (exact) mass is 337 g/mol. The second-order valence-electron chi connectivity index (χ2n) is 8.76. The molecule has 0 aromatic rings. The zero-order valence-corrected chi connectivity index (χ0v) is 15.1. The van der Waals surface area contributed by atoms with Gasteiger partial charge in [0.1, 0.15) is 0 Å². The second-order valence-corrected chi connectivity index (χ2v) is 8.76. The van der Waals surface area contributed by atoms with Crippen LogP contribution in [-0.4, -0.2) is 61.2 Å². The van der Waals surface area contributed by atoms with Crippen molar-refractivity contribution in [3.8, 4) is 0 Å². The third-order valence-electron chi connectivity index (χ3n) is 7.10. The van der Waals surface area contributed by atoms with Crippen LogP contribution in [0, 0.1) is 17.8 Å². The van der Waals surface area contributed by atoms with Gasteiger partial charge in [0, 0.05) is 25.8 Å². The van der Waals surface area contributed by atoms with E-state index < -0.39 is 0 Å². The first-order chi connectivity index (χ1) is 11.8. The van der Waals surface area contributed by atoms with Crippen LogP contribution in [0.25, 0.3) is 0 Å². The van der Waals surface area contributed by atoms with Gasteiger partial charge >= 0.3 is 0 Å². The first kappa shape index (κ1) is 17.3. The number of likely N-dealkylation sites (tertiary alicyclic amines) is 1. The summed E-state index contributed by atoms with van der Waals surface area (Å²) in [6.07, 6.45) is 11.9. The fraction of sp³-hybridized carbons (Fsp3) is 1.00. The van der Waals surface area contributed by atoms with Crippen LogP contribution in [0.15, 0.2) is 0 Å². The predicted octanol–water partition coefficient (Wildman–Crippen LogP) is 2.83. The van der Waals surface area contributed by atoms with Crippen molar-refractivity contribution in [2.24, 2.45) is 17.8 Å². The average Bonchev–Trinajstić information content (AvgIpc) is 3.32. The molecule has 24 heavy (non-hydrogen) atoms. The number of hydrogen-bond acceptors (Lipinski definition) is 4. The van der Waals surface area contributed by atoms with Crippen LogP contribution in [0.2, 0.25) is 0 Å². The standard InChI is InChI=1S/C20H35NO3/c22-19(14-24-20-5-8-23-9-6-20)13-21-7-1-2-18(21)12-17-11-15-3-4-16(17)10-15/h15-20,22H,1-14H2. The maximum Gasteiger partial charge on any atom is 0.0900 e. The molecule has 0 radical (unpaired) electrons. The number of hydrogen-bond donors (Lipinski definition) is 1. The number of nitrogens with zero attached hydrogens (tertiary/aromatic N) is 1. The molecule has 5 atom stereocenters. The smallest absolute Gasteiger partial charge is 0.0900 e. The van der Waals surface area contributed by atoms with E-state index in [9.17, 15) is 5.11 Å². The first-order valence-electron chi connectivity index (χ1n) is 10.4. The van der Waals surface area contributed by atoms with Crippen molar-refractivity contribution in [1.29, 1.82) is 0 Å². The molecule has 1 N–H and O–H groups in total. The summed E-state index contributed by atoms with van der Waals surface area (Å²) in [6, 6.07) is 0.715. The van der Waals surface area contributed by atoms with Gasteiger partial charge in [0.05, 0.1) is 18.8 Å². The molecule has 5 unspecified atom stereocenters. The molecule has 2 heterocycles. The van der Waals surface area contributed by atoms with Crippen molar-refractivity contribution in [2.45, 2.75) is 76.0 Å². The zero-order chi connectivity index (χ0) is 16.4. The highest BCUT2D eigenvalue weighted by Gasteiger charge is 2.41. The summed E-state index contributed by atoms with van der Waals surface area (Å²) in [5.41, 5.74) is 0. The van der Waals surface area contributed by atoms with Gasteiger partial charge in [-0.15, -0.1) is 0 Å². The fourth-order valence-corrected chi connectivity index (χ4v) is 5.83. The van der Waals surface area contributed by atoms with Crippen LogP contribution in [0.1, 0.15) is 57.8 Å². The van der Waals surface area contributed by atoms with Crippen LogP contribution >= 0.6 is 0 Å². The lowest BCUT2D eigenvalue weighted by molar-refractivity contribution is -0.0650. The Hall–Kier alpha value is -0.160. The normalized spacial score (nSPS) is 38.9. The van der Waals surface area contributed by atoms with E-state index in [4.69, 9.17) is 9.47 Å². The maximum atomic E-state index is 10.4. The number of fused-ring (bicyclic) bond motifs is 2. The Morgan fingerprint density at radius 1 is 1.08 bits per heavy atom. The summed E-state index contributed by atoms with van der Waals surface area (Å²) in [7, 11) is 0. The summed E-state index contributed by atoms with van der Waals surface area (Å²) in [6.45, 7) is 4.06. The summed E-state index contributed by atoms with van der Waals surface area (Å²) in [5, 5.41) is 10.4. The SMILES string of the molecule is OC(COC1CCOCC1)CN1CCCC1CC1CC2CCC1C2. The van der Waals surface area contributed by atoms with Gasteiger partial charge in [0.2, 0.25) is 0 Å². The van der Waals surface area contributed by atoms with Gasteiger partial charge in [0.25, 0.3) is 0 Å². The Morgan fingerprint density at radius 3 is 2.71 bits per heavy atom. The van der Waals surface area contributed by atoms with Gasteiger partial charge in [0.15, 0.2) is 0 Å². The first-order valence-corrected chi connectivity index (χ1v) is 10.4. The highest BCUT2D eigenvalue weighted by Crippen LogP contribution is 2.50. The quantitative estimate of drug-likeness (QED) is 0.776. The molecule has 0 spiro atoms. The van der Waals surface area contributed by atoms with Crippen molar-refractivity contribution in [2.75, 3.05) is 32.9 Å². The van der Waals surface area contributed by atoms with Crippen molar-refractivity contribution in [3.63, 3.8) is 0 Å². The van der Waals surface area contributed by atoms with Crippen LogP contribution in [0.4, 0.5) is 0 Å². The Balaban J connectivity index is 1.20. The van der Waals surface area contributed by atoms with E-state index in [-0.39, 0.29) is 12.2 Å². The fourth-order valence-electron chi connectivity index (χ4n) is 5.83. The molecule has 4 fully saturated rings. The molecule has 2 saturated carbocycles. The summed E-state index contributed by atoms with van der Waals surface area (Å²) >= 11 is 0. The van der Waals surface area contributed by atoms with Crippen molar-refractivity contribution < 1.29 is 14.6 Å². The number of aliphatic hydroxyl groups is 1. The van der Waals surface area contributed by atoms with E-state index in [2.05, 4.69) is 4.90 Å². The Bertz CT molecular complexity index is 398. The third-order valence-corrected chi connectivity index (χ3v) is 7.10. The molecule has 2 aliphatic carbocycles. The van der Waals surface area contributed by atoms with E-state index in [0.29, 0.717) is 12.6 Å². The topological polar surface area (TPSA) is 41.9 Å². The van der Waals surface area contributed by atoms with Gasteiger partial charge in [-0.25, -0.2) is 0 Å². The van der Waals surface area contributed by atoms with Crippen LogP contribution < -0.4 is 0 Å². The Labute approximate surface area is 146 Å². The number of rotatable bonds is 7. The van der Waals surface area contributed by atoms with Crippen LogP contribution in [0.5, 0.6) is 0 Å². The second kappa shape index (κ2) is 8.03. The van der Waals surface area contributed by atoms with E-state index in [1.807, 2.05) is 0 Å². The van der Waals surface area contributed by atoms with Crippen LogP contribution in [0.3, 0.4) is 0 Å². The van der Waals surface area contributed by atoms with Gasteiger partial charge in [-0.1, -0.05) is 6.42 Å². The molecule has 0 amide bonds. The molecule has 138 valence electrons. The van der Waals surface area contributed by atoms with Gasteiger partial charge in [-0.05, 0) is 75.7 Å². The predicted molar refractivity (Wildman–Crippen MR) is 93.9 cm³/mol. The molecule has 2 aliphatic heterocycles. The highest BCUT2D eigenvalue weighted by atomic mass is 16.5. The minimum atomic E-state index is -0.339. The largest absolute Gasteiger partial charge is 0.389 e. The van der Waals surface area contributed by atoms with Crippen molar-refractivity contribution in [3.05, 3.63) is 0 Å². The van der Waals surface area contributed by atoms with Gasteiger partial charge in [-0.2, -0.15) is 0 Å². The molecule has 0 aromatic carbocycles. The molecule has 4 rings (SSSR count). The summed E-state index contributed by atoms with van der Waals surface area (Å²) in [4.78, 5) is 2.56. The van der Waals surface area contributed by atoms with Crippen molar-refractivity contribution in [1.82, 2.24) is 4.90 Å². The van der Waals surface area contributed by atoms with E-state index >= 15 is 0 Å². The molecule has 2 saturated heterocycles. The van der Waals surface area contributed by atoms with E-state index in [1.165, 1.54) is 51.5 Å². The third kappa shape index (κ3) is 4.14. The lowest BCUT2D eigenvalue weighted by Gasteiger charge is -2.32. The van der Waals surface area contributed by atoms with Crippen molar-refractivity contribution >= 4 is 0 Å². The maximum absolute atomic E-state index is 10.4. The van der Waals surface area contributed by atoms with E-state index in [1.54, 1.807) is 0 Å². The van der Waals surface area contributed by atoms with Gasteiger partial charge < -0.3 is 14.6 Å². The van der Waals surface area contributed by atoms with Gasteiger partial charge in [-0.3, -0.25) is 4.90 Å². The number of aliphatic hydroxyl groups excluding tert-OH is 1. The molecule has 4 aliphatic rings. The molecule has 2 bridgehead atoms. The number of ether oxygens (including phenoxy) is 2. The zero-order valence-electron chi connectivity index (χ0n) is 15.1. The molecule has 0 aromatic heterocycles. The molecular weight excluding hydrogens is 302 g/mol. The van der Waals surface area contributed by atoms with E-state index in [0.717, 1.165) is 50.4 Å². The molecular formula is C20H35NO3. The summed E-state index contributed by atoms with van der Waals surface area (Å²) in [5.74, 6) is 3.05. The minimum absolute atomic E-state index is 0.289. The lowest BCUT2D eigenvalue weighted by atomic mass is 9.83. The minimum Gasteiger partial charge on any atom is -0.389 e. The highest BCUT2D eigenvalue weighted by molar-refractivity contribution is 4.93. The lowest BCUT2D eigenvalue weighted by Crippen LogP contribution is -2.40. The summed E-state index contributed by atoms with van der Waals surface area (Å²) < 4.78 is 11.3. The molecule has 4 nitrogen and oxygen atoms in total. The Kier molecular flexibility index (Phi) is 5.77.